The lowest BCUT2D eigenvalue weighted by molar-refractivity contribution is -0.129. The molecule has 1 aliphatic rings. The van der Waals surface area contributed by atoms with Gasteiger partial charge in [0.05, 0.1) is 0 Å². The van der Waals surface area contributed by atoms with Crippen molar-refractivity contribution in [2.75, 3.05) is 26.2 Å². The Balaban J connectivity index is 1.54. The van der Waals surface area contributed by atoms with E-state index in [1.807, 2.05) is 54.6 Å². The first-order valence-electron chi connectivity index (χ1n) is 12.2. The minimum Gasteiger partial charge on any atom is -0.489 e. The van der Waals surface area contributed by atoms with Crippen LogP contribution in [0, 0.1) is 0 Å². The highest BCUT2D eigenvalue weighted by molar-refractivity contribution is 5.87. The first-order chi connectivity index (χ1) is 16.1. The van der Waals surface area contributed by atoms with Gasteiger partial charge >= 0.3 is 0 Å². The maximum atomic E-state index is 12.9. The van der Waals surface area contributed by atoms with Gasteiger partial charge in [0.25, 0.3) is 0 Å². The zero-order chi connectivity index (χ0) is 23.3. The first-order valence-corrected chi connectivity index (χ1v) is 12.2. The molecule has 3 rings (SSSR count). The highest BCUT2D eigenvalue weighted by atomic mass is 16.5. The number of hydrogen-bond acceptors (Lipinski definition) is 4. The molecule has 6 heteroatoms. The second-order valence-corrected chi connectivity index (χ2v) is 8.69. The van der Waals surface area contributed by atoms with Crippen LogP contribution in [0.25, 0.3) is 0 Å². The molecule has 1 heterocycles. The summed E-state index contributed by atoms with van der Waals surface area (Å²) in [5.41, 5.74) is 2.10. The number of rotatable bonds is 13. The van der Waals surface area contributed by atoms with E-state index < -0.39 is 6.04 Å². The molecule has 1 unspecified atom stereocenters. The molecule has 1 saturated heterocycles. The second-order valence-electron chi connectivity index (χ2n) is 8.69. The van der Waals surface area contributed by atoms with E-state index in [4.69, 9.17) is 4.74 Å². The number of carbonyl (C=O) groups excluding carboxylic acids is 2. The SMILES string of the molecule is CCCCC(=O)NC(Cc1ccc(OCc2ccccc2)cc1)C(=O)NCCN1CCCC1. The first kappa shape index (κ1) is 24.8. The van der Waals surface area contributed by atoms with Crippen molar-refractivity contribution in [3.8, 4) is 5.75 Å². The summed E-state index contributed by atoms with van der Waals surface area (Å²) in [5, 5.41) is 5.97. The maximum Gasteiger partial charge on any atom is 0.242 e. The average Bonchev–Trinajstić information content (AvgIpc) is 3.36. The molecule has 2 aromatic carbocycles. The normalized spacial score (nSPS) is 14.6. The van der Waals surface area contributed by atoms with Crippen molar-refractivity contribution < 1.29 is 14.3 Å². The molecule has 0 spiro atoms. The number of hydrogen-bond donors (Lipinski definition) is 2. The summed E-state index contributed by atoms with van der Waals surface area (Å²) in [7, 11) is 0. The predicted molar refractivity (Wildman–Crippen MR) is 131 cm³/mol. The summed E-state index contributed by atoms with van der Waals surface area (Å²) < 4.78 is 5.86. The van der Waals surface area contributed by atoms with Crippen LogP contribution >= 0.6 is 0 Å². The maximum absolute atomic E-state index is 12.9. The van der Waals surface area contributed by atoms with Crippen LogP contribution in [0.2, 0.25) is 0 Å². The van der Waals surface area contributed by atoms with Gasteiger partial charge in [0.15, 0.2) is 0 Å². The van der Waals surface area contributed by atoms with E-state index in [9.17, 15) is 9.59 Å². The molecule has 6 nitrogen and oxygen atoms in total. The van der Waals surface area contributed by atoms with E-state index in [1.165, 1.54) is 12.8 Å². The Labute approximate surface area is 197 Å². The van der Waals surface area contributed by atoms with E-state index in [0.717, 1.165) is 49.4 Å². The second kappa shape index (κ2) is 13.6. The van der Waals surface area contributed by atoms with Gasteiger partial charge in [-0.25, -0.2) is 0 Å². The van der Waals surface area contributed by atoms with Crippen molar-refractivity contribution in [3.63, 3.8) is 0 Å². The number of likely N-dealkylation sites (tertiary alicyclic amines) is 1. The molecule has 0 radical (unpaired) electrons. The Morgan fingerprint density at radius 2 is 1.73 bits per heavy atom. The molecule has 2 N–H and O–H groups in total. The number of ether oxygens (including phenoxy) is 1. The van der Waals surface area contributed by atoms with Gasteiger partial charge in [-0.2, -0.15) is 0 Å². The van der Waals surface area contributed by atoms with Gasteiger partial charge in [0.2, 0.25) is 11.8 Å². The Morgan fingerprint density at radius 1 is 1.00 bits per heavy atom. The summed E-state index contributed by atoms with van der Waals surface area (Å²) >= 11 is 0. The standard InChI is InChI=1S/C27H37N3O3/c1-2-3-11-26(31)29-25(27(32)28-16-19-30-17-7-8-18-30)20-22-12-14-24(15-13-22)33-21-23-9-5-4-6-10-23/h4-6,9-10,12-15,25H,2-3,7-8,11,16-21H2,1H3,(H,28,32)(H,29,31). The lowest BCUT2D eigenvalue weighted by atomic mass is 10.0. The van der Waals surface area contributed by atoms with Crippen molar-refractivity contribution in [1.29, 1.82) is 0 Å². The lowest BCUT2D eigenvalue weighted by Crippen LogP contribution is -2.49. The topological polar surface area (TPSA) is 70.7 Å². The number of benzene rings is 2. The number of unbranched alkanes of at least 4 members (excludes halogenated alkanes) is 1. The quantitative estimate of drug-likeness (QED) is 0.487. The van der Waals surface area contributed by atoms with Crippen molar-refractivity contribution in [1.82, 2.24) is 15.5 Å². The van der Waals surface area contributed by atoms with Crippen molar-refractivity contribution in [2.24, 2.45) is 0 Å². The summed E-state index contributed by atoms with van der Waals surface area (Å²) in [4.78, 5) is 27.6. The van der Waals surface area contributed by atoms with Gasteiger partial charge in [-0.1, -0.05) is 55.8 Å². The van der Waals surface area contributed by atoms with Crippen LogP contribution in [0.3, 0.4) is 0 Å². The molecule has 1 fully saturated rings. The molecular formula is C27H37N3O3. The van der Waals surface area contributed by atoms with Crippen molar-refractivity contribution in [2.45, 2.75) is 58.1 Å². The predicted octanol–water partition coefficient (Wildman–Crippen LogP) is 3.70. The van der Waals surface area contributed by atoms with E-state index in [-0.39, 0.29) is 11.8 Å². The van der Waals surface area contributed by atoms with Crippen molar-refractivity contribution >= 4 is 11.8 Å². The van der Waals surface area contributed by atoms with Crippen LogP contribution in [0.4, 0.5) is 0 Å². The Hall–Kier alpha value is -2.86. The minimum absolute atomic E-state index is 0.0700. The Morgan fingerprint density at radius 3 is 2.42 bits per heavy atom. The van der Waals surface area contributed by atoms with Crippen molar-refractivity contribution in [3.05, 3.63) is 65.7 Å². The fraction of sp³-hybridized carbons (Fsp3) is 0.481. The van der Waals surface area contributed by atoms with E-state index in [0.29, 0.717) is 26.0 Å². The summed E-state index contributed by atoms with van der Waals surface area (Å²) in [6, 6.07) is 17.2. The minimum atomic E-state index is -0.580. The van der Waals surface area contributed by atoms with Crippen LogP contribution in [0.5, 0.6) is 5.75 Å². The molecule has 0 aliphatic carbocycles. The summed E-state index contributed by atoms with van der Waals surface area (Å²) in [6.45, 7) is 6.23. The molecule has 2 aromatic rings. The Kier molecular flexibility index (Phi) is 10.2. The molecule has 1 aliphatic heterocycles. The third-order valence-corrected chi connectivity index (χ3v) is 5.95. The summed E-state index contributed by atoms with van der Waals surface area (Å²) in [6.07, 6.45) is 5.13. The number of nitrogens with zero attached hydrogens (tertiary/aromatic N) is 1. The molecule has 178 valence electrons. The number of carbonyl (C=O) groups is 2. The molecule has 0 aromatic heterocycles. The fourth-order valence-electron chi connectivity index (χ4n) is 3.98. The molecule has 1 atom stereocenters. The zero-order valence-corrected chi connectivity index (χ0v) is 19.7. The van der Waals surface area contributed by atoms with Crippen LogP contribution < -0.4 is 15.4 Å². The molecule has 0 bridgehead atoms. The monoisotopic (exact) mass is 451 g/mol. The van der Waals surface area contributed by atoms with Crippen LogP contribution in [0.1, 0.15) is 50.2 Å². The highest BCUT2D eigenvalue weighted by Gasteiger charge is 2.21. The summed E-state index contributed by atoms with van der Waals surface area (Å²) in [5.74, 6) is 0.587. The average molecular weight is 452 g/mol. The number of amides is 2. The lowest BCUT2D eigenvalue weighted by Gasteiger charge is -2.20. The van der Waals surface area contributed by atoms with Gasteiger partial charge in [-0.05, 0) is 55.6 Å². The van der Waals surface area contributed by atoms with Gasteiger partial charge in [-0.3, -0.25) is 9.59 Å². The zero-order valence-electron chi connectivity index (χ0n) is 19.7. The molecule has 2 amide bonds. The molecular weight excluding hydrogens is 414 g/mol. The molecule has 33 heavy (non-hydrogen) atoms. The third-order valence-electron chi connectivity index (χ3n) is 5.95. The fourth-order valence-corrected chi connectivity index (χ4v) is 3.98. The van der Waals surface area contributed by atoms with Crippen LogP contribution in [0.15, 0.2) is 54.6 Å². The van der Waals surface area contributed by atoms with Gasteiger partial charge in [0, 0.05) is 25.9 Å². The van der Waals surface area contributed by atoms with Gasteiger partial charge < -0.3 is 20.3 Å². The smallest absolute Gasteiger partial charge is 0.242 e. The van der Waals surface area contributed by atoms with Gasteiger partial charge in [0.1, 0.15) is 18.4 Å². The molecule has 0 saturated carbocycles. The largest absolute Gasteiger partial charge is 0.489 e. The van der Waals surface area contributed by atoms with Crippen LogP contribution in [-0.2, 0) is 22.6 Å². The third kappa shape index (κ3) is 8.89. The number of nitrogens with one attached hydrogen (secondary N) is 2. The van der Waals surface area contributed by atoms with Crippen LogP contribution in [-0.4, -0.2) is 48.9 Å². The van der Waals surface area contributed by atoms with E-state index >= 15 is 0 Å². The highest BCUT2D eigenvalue weighted by Crippen LogP contribution is 2.16. The van der Waals surface area contributed by atoms with E-state index in [2.05, 4.69) is 22.5 Å². The van der Waals surface area contributed by atoms with Gasteiger partial charge in [-0.15, -0.1) is 0 Å². The Bertz CT molecular complexity index is 849. The van der Waals surface area contributed by atoms with E-state index in [1.54, 1.807) is 0 Å².